The predicted molar refractivity (Wildman–Crippen MR) is 149 cm³/mol. The molecule has 4 rings (SSSR count). The monoisotopic (exact) mass is 502 g/mol. The minimum absolute atomic E-state index is 0.0587. The Morgan fingerprint density at radius 2 is 1.72 bits per heavy atom. The van der Waals surface area contributed by atoms with Crippen LogP contribution in [0, 0.1) is 0 Å². The molecule has 36 heavy (non-hydrogen) atoms. The number of carbonyl (C=O) groups excluding carboxylic acids is 2. The molecule has 3 aromatic rings. The summed E-state index contributed by atoms with van der Waals surface area (Å²) in [6, 6.07) is 23.3. The fourth-order valence-corrected chi connectivity index (χ4v) is 5.55. The van der Waals surface area contributed by atoms with E-state index in [0.717, 1.165) is 23.4 Å². The molecule has 6 heteroatoms. The summed E-state index contributed by atoms with van der Waals surface area (Å²) in [6.45, 7) is 4.69. The van der Waals surface area contributed by atoms with Crippen LogP contribution in [0.3, 0.4) is 0 Å². The summed E-state index contributed by atoms with van der Waals surface area (Å²) in [7, 11) is 0. The molecule has 0 bridgehead atoms. The molecule has 1 N–H and O–H groups in total. The third kappa shape index (κ3) is 6.30. The fourth-order valence-electron chi connectivity index (χ4n) is 4.38. The van der Waals surface area contributed by atoms with Crippen molar-refractivity contribution in [3.8, 4) is 5.75 Å². The number of hydrogen-bond acceptors (Lipinski definition) is 4. The molecule has 1 saturated heterocycles. The van der Waals surface area contributed by atoms with Crippen LogP contribution < -0.4 is 15.0 Å². The molecule has 1 fully saturated rings. The van der Waals surface area contributed by atoms with Crippen LogP contribution in [-0.2, 0) is 11.2 Å². The SMILES string of the molecule is CCCCCCc1ccc(C(=O)Nc2ccc([C@H]3SCC(=O)N3c3ccccc3OCC)cc2)cc1. The molecule has 3 aromatic carbocycles. The number of nitrogens with one attached hydrogen (secondary N) is 1. The number of aryl methyl sites for hydroxylation is 1. The van der Waals surface area contributed by atoms with E-state index in [9.17, 15) is 9.59 Å². The molecule has 1 aliphatic rings. The van der Waals surface area contributed by atoms with E-state index in [1.54, 1.807) is 11.8 Å². The first kappa shape index (κ1) is 25.8. The van der Waals surface area contributed by atoms with E-state index in [2.05, 4.69) is 12.2 Å². The number of para-hydroxylation sites is 2. The second-order valence-electron chi connectivity index (χ2n) is 8.91. The number of thioether (sulfide) groups is 1. The van der Waals surface area contributed by atoms with E-state index < -0.39 is 0 Å². The number of rotatable bonds is 11. The lowest BCUT2D eigenvalue weighted by Crippen LogP contribution is -2.28. The molecule has 5 nitrogen and oxygen atoms in total. The average Bonchev–Trinajstić information content (AvgIpc) is 3.29. The molecular formula is C30H34N2O3S. The summed E-state index contributed by atoms with van der Waals surface area (Å²) in [6.07, 6.45) is 5.99. The molecule has 2 amide bonds. The molecule has 1 atom stereocenters. The minimum atomic E-state index is -0.145. The van der Waals surface area contributed by atoms with E-state index in [1.807, 2.05) is 84.6 Å². The number of nitrogens with zero attached hydrogens (tertiary/aromatic N) is 1. The zero-order valence-electron chi connectivity index (χ0n) is 21.0. The van der Waals surface area contributed by atoms with Gasteiger partial charge < -0.3 is 10.1 Å². The van der Waals surface area contributed by atoms with Gasteiger partial charge in [-0.2, -0.15) is 0 Å². The minimum Gasteiger partial charge on any atom is -0.492 e. The second kappa shape index (κ2) is 12.6. The summed E-state index contributed by atoms with van der Waals surface area (Å²) >= 11 is 1.59. The Balaban J connectivity index is 1.41. The number of carbonyl (C=O) groups is 2. The first-order valence-corrected chi connectivity index (χ1v) is 13.8. The molecule has 0 saturated carbocycles. The molecule has 1 heterocycles. The van der Waals surface area contributed by atoms with E-state index in [1.165, 1.54) is 31.2 Å². The molecule has 0 unspecified atom stereocenters. The highest BCUT2D eigenvalue weighted by Crippen LogP contribution is 2.44. The van der Waals surface area contributed by atoms with Gasteiger partial charge in [-0.15, -0.1) is 11.8 Å². The standard InChI is InChI=1S/C30H34N2O3S/c1-3-5-6-7-10-22-13-15-23(16-14-22)29(34)31-25-19-17-24(18-20-25)30-32(28(33)21-36-30)26-11-8-9-12-27(26)35-4-2/h8-9,11-20,30H,3-7,10,21H2,1-2H3,(H,31,34)/t30-/m1/s1. The molecule has 0 aromatic heterocycles. The van der Waals surface area contributed by atoms with Crippen LogP contribution in [0.4, 0.5) is 11.4 Å². The lowest BCUT2D eigenvalue weighted by Gasteiger charge is -2.26. The van der Waals surface area contributed by atoms with Crippen molar-refractivity contribution < 1.29 is 14.3 Å². The van der Waals surface area contributed by atoms with Crippen molar-refractivity contribution in [3.63, 3.8) is 0 Å². The smallest absolute Gasteiger partial charge is 0.255 e. The number of amides is 2. The van der Waals surface area contributed by atoms with Crippen molar-refractivity contribution >= 4 is 35.0 Å². The van der Waals surface area contributed by atoms with Crippen LogP contribution in [0.25, 0.3) is 0 Å². The molecule has 0 radical (unpaired) electrons. The third-order valence-corrected chi connectivity index (χ3v) is 7.49. The highest BCUT2D eigenvalue weighted by atomic mass is 32.2. The van der Waals surface area contributed by atoms with Crippen molar-refractivity contribution in [3.05, 3.63) is 89.5 Å². The van der Waals surface area contributed by atoms with E-state index in [0.29, 0.717) is 23.7 Å². The van der Waals surface area contributed by atoms with Gasteiger partial charge in [0.25, 0.3) is 5.91 Å². The number of ether oxygens (including phenoxy) is 1. The Hall–Kier alpha value is -3.25. The van der Waals surface area contributed by atoms with Crippen molar-refractivity contribution in [2.75, 3.05) is 22.6 Å². The Morgan fingerprint density at radius 3 is 2.44 bits per heavy atom. The summed E-state index contributed by atoms with van der Waals surface area (Å²) in [5.74, 6) is 1.05. The zero-order chi connectivity index (χ0) is 25.3. The Kier molecular flexibility index (Phi) is 9.06. The highest BCUT2D eigenvalue weighted by Gasteiger charge is 2.35. The topological polar surface area (TPSA) is 58.6 Å². The normalized spacial score (nSPS) is 15.2. The molecule has 0 aliphatic carbocycles. The maximum Gasteiger partial charge on any atom is 0.255 e. The van der Waals surface area contributed by atoms with Gasteiger partial charge >= 0.3 is 0 Å². The van der Waals surface area contributed by atoms with Gasteiger partial charge in [0.2, 0.25) is 5.91 Å². The van der Waals surface area contributed by atoms with Crippen LogP contribution in [0.1, 0.15) is 66.4 Å². The van der Waals surface area contributed by atoms with Crippen LogP contribution in [0.2, 0.25) is 0 Å². The van der Waals surface area contributed by atoms with Crippen LogP contribution in [-0.4, -0.2) is 24.2 Å². The van der Waals surface area contributed by atoms with Crippen molar-refractivity contribution in [1.29, 1.82) is 0 Å². The molecule has 0 spiro atoms. The molecular weight excluding hydrogens is 468 g/mol. The highest BCUT2D eigenvalue weighted by molar-refractivity contribution is 8.00. The number of unbranched alkanes of at least 4 members (excludes halogenated alkanes) is 3. The Bertz CT molecular complexity index is 1160. The van der Waals surface area contributed by atoms with Gasteiger partial charge in [-0.3, -0.25) is 14.5 Å². The van der Waals surface area contributed by atoms with Crippen LogP contribution in [0.5, 0.6) is 5.75 Å². The largest absolute Gasteiger partial charge is 0.492 e. The lowest BCUT2D eigenvalue weighted by atomic mass is 10.0. The second-order valence-corrected chi connectivity index (χ2v) is 9.98. The van der Waals surface area contributed by atoms with Gasteiger partial charge in [-0.25, -0.2) is 0 Å². The Labute approximate surface area is 218 Å². The van der Waals surface area contributed by atoms with E-state index in [-0.39, 0.29) is 17.2 Å². The van der Waals surface area contributed by atoms with Gasteiger partial charge in [-0.05, 0) is 67.3 Å². The van der Waals surface area contributed by atoms with E-state index in [4.69, 9.17) is 4.74 Å². The maximum absolute atomic E-state index is 12.8. The zero-order valence-corrected chi connectivity index (χ0v) is 21.9. The third-order valence-electron chi connectivity index (χ3n) is 6.28. The molecule has 188 valence electrons. The predicted octanol–water partition coefficient (Wildman–Crippen LogP) is 7.24. The van der Waals surface area contributed by atoms with Gasteiger partial charge in [-0.1, -0.05) is 62.6 Å². The summed E-state index contributed by atoms with van der Waals surface area (Å²) in [5, 5.41) is 2.84. The van der Waals surface area contributed by atoms with Crippen molar-refractivity contribution in [2.24, 2.45) is 0 Å². The first-order valence-electron chi connectivity index (χ1n) is 12.8. The Morgan fingerprint density at radius 1 is 0.972 bits per heavy atom. The maximum atomic E-state index is 12.8. The molecule has 1 aliphatic heterocycles. The lowest BCUT2D eigenvalue weighted by molar-refractivity contribution is -0.115. The van der Waals surface area contributed by atoms with Crippen molar-refractivity contribution in [2.45, 2.75) is 51.3 Å². The van der Waals surface area contributed by atoms with Gasteiger partial charge in [0, 0.05) is 11.3 Å². The summed E-state index contributed by atoms with van der Waals surface area (Å²) in [4.78, 5) is 27.4. The van der Waals surface area contributed by atoms with Gasteiger partial charge in [0.05, 0.1) is 18.0 Å². The quantitative estimate of drug-likeness (QED) is 0.281. The number of hydrogen-bond donors (Lipinski definition) is 1. The number of benzene rings is 3. The average molecular weight is 503 g/mol. The van der Waals surface area contributed by atoms with Crippen molar-refractivity contribution in [1.82, 2.24) is 0 Å². The van der Waals surface area contributed by atoms with Gasteiger partial charge in [0.1, 0.15) is 11.1 Å². The number of anilines is 2. The first-order chi connectivity index (χ1) is 17.6. The van der Waals surface area contributed by atoms with E-state index >= 15 is 0 Å². The van der Waals surface area contributed by atoms with Crippen LogP contribution >= 0.6 is 11.8 Å². The van der Waals surface area contributed by atoms with Gasteiger partial charge in [0.15, 0.2) is 0 Å². The summed E-state index contributed by atoms with van der Waals surface area (Å²) in [5.41, 5.74) is 4.43. The fraction of sp³-hybridized carbons (Fsp3) is 0.333. The summed E-state index contributed by atoms with van der Waals surface area (Å²) < 4.78 is 5.77. The van der Waals surface area contributed by atoms with Crippen LogP contribution in [0.15, 0.2) is 72.8 Å².